The van der Waals surface area contributed by atoms with Crippen molar-refractivity contribution in [1.82, 2.24) is 10.2 Å². The Morgan fingerprint density at radius 2 is 1.57 bits per heavy atom. The van der Waals surface area contributed by atoms with Crippen LogP contribution in [0.1, 0.15) is 31.0 Å². The summed E-state index contributed by atoms with van der Waals surface area (Å²) in [5.74, 6) is -0.382. The van der Waals surface area contributed by atoms with Crippen LogP contribution in [-0.2, 0) is 9.53 Å². The lowest BCUT2D eigenvalue weighted by Gasteiger charge is -2.34. The van der Waals surface area contributed by atoms with Crippen LogP contribution in [0, 0.1) is 11.3 Å². The lowest BCUT2D eigenvalue weighted by Crippen LogP contribution is -2.43. The van der Waals surface area contributed by atoms with E-state index in [9.17, 15) is 10.1 Å². The Bertz CT molecular complexity index is 809. The molecule has 1 heterocycles. The van der Waals surface area contributed by atoms with E-state index < -0.39 is 0 Å². The van der Waals surface area contributed by atoms with Gasteiger partial charge in [0.1, 0.15) is 11.6 Å². The maximum absolute atomic E-state index is 12.9. The van der Waals surface area contributed by atoms with E-state index in [1.54, 1.807) is 6.20 Å². The molecule has 5 heteroatoms. The average molecular weight is 375 g/mol. The first-order valence-corrected chi connectivity index (χ1v) is 9.49. The van der Waals surface area contributed by atoms with Gasteiger partial charge in [0.25, 0.3) is 5.91 Å². The van der Waals surface area contributed by atoms with Crippen molar-refractivity contribution in [3.8, 4) is 6.07 Å². The molecule has 0 aromatic heterocycles. The standard InChI is InChI=1S/C23H25N3O2/c1-17-14-26(15-18(2)28-17)16-21(13-24)23(27)25-22(19-9-5-3-6-10-19)20-11-7-4-8-12-20/h3-12,16-18,22H,14-15H2,1-2H3,(H,25,27)/b21-16-. The molecule has 28 heavy (non-hydrogen) atoms. The van der Waals surface area contributed by atoms with Gasteiger partial charge in [-0.15, -0.1) is 0 Å². The van der Waals surface area contributed by atoms with Crippen molar-refractivity contribution in [3.05, 3.63) is 83.6 Å². The average Bonchev–Trinajstić information content (AvgIpc) is 2.70. The molecule has 1 aliphatic rings. The molecule has 1 aliphatic heterocycles. The fraction of sp³-hybridized carbons (Fsp3) is 0.304. The van der Waals surface area contributed by atoms with E-state index in [1.165, 1.54) is 0 Å². The number of ether oxygens (including phenoxy) is 1. The van der Waals surface area contributed by atoms with Crippen LogP contribution in [0.15, 0.2) is 72.4 Å². The highest BCUT2D eigenvalue weighted by Crippen LogP contribution is 2.22. The molecule has 1 amide bonds. The van der Waals surface area contributed by atoms with Gasteiger partial charge in [-0.05, 0) is 25.0 Å². The van der Waals surface area contributed by atoms with Gasteiger partial charge in [-0.25, -0.2) is 0 Å². The van der Waals surface area contributed by atoms with Crippen LogP contribution in [0.4, 0.5) is 0 Å². The minimum absolute atomic E-state index is 0.0596. The normalized spacial score (nSPS) is 19.9. The molecule has 144 valence electrons. The van der Waals surface area contributed by atoms with E-state index in [1.807, 2.05) is 79.4 Å². The Hall–Kier alpha value is -3.10. The van der Waals surface area contributed by atoms with Gasteiger partial charge >= 0.3 is 0 Å². The van der Waals surface area contributed by atoms with Crippen LogP contribution in [0.2, 0.25) is 0 Å². The molecule has 2 atom stereocenters. The van der Waals surface area contributed by atoms with Crippen LogP contribution in [0.5, 0.6) is 0 Å². The van der Waals surface area contributed by atoms with E-state index in [0.717, 1.165) is 11.1 Å². The minimum Gasteiger partial charge on any atom is -0.372 e. The molecule has 2 unspecified atom stereocenters. The Labute approximate surface area is 166 Å². The molecular formula is C23H25N3O2. The van der Waals surface area contributed by atoms with Gasteiger partial charge in [0.2, 0.25) is 0 Å². The van der Waals surface area contributed by atoms with Crippen molar-refractivity contribution < 1.29 is 9.53 Å². The van der Waals surface area contributed by atoms with Crippen molar-refractivity contribution in [2.24, 2.45) is 0 Å². The number of hydrogen-bond donors (Lipinski definition) is 1. The Morgan fingerprint density at radius 1 is 1.07 bits per heavy atom. The van der Waals surface area contributed by atoms with Gasteiger partial charge in [-0.1, -0.05) is 60.7 Å². The van der Waals surface area contributed by atoms with Crippen molar-refractivity contribution in [2.45, 2.75) is 32.1 Å². The van der Waals surface area contributed by atoms with Gasteiger partial charge in [0, 0.05) is 19.3 Å². The summed E-state index contributed by atoms with van der Waals surface area (Å²) in [5.41, 5.74) is 2.03. The molecule has 0 radical (unpaired) electrons. The second-order valence-corrected chi connectivity index (χ2v) is 7.09. The molecule has 3 rings (SSSR count). The second kappa shape index (κ2) is 9.20. The van der Waals surface area contributed by atoms with Crippen LogP contribution in [0.25, 0.3) is 0 Å². The third kappa shape index (κ3) is 4.99. The van der Waals surface area contributed by atoms with Crippen LogP contribution >= 0.6 is 0 Å². The number of nitriles is 1. The van der Waals surface area contributed by atoms with Crippen LogP contribution < -0.4 is 5.32 Å². The largest absolute Gasteiger partial charge is 0.372 e. The highest BCUT2D eigenvalue weighted by atomic mass is 16.5. The number of morpholine rings is 1. The number of carbonyl (C=O) groups excluding carboxylic acids is 1. The zero-order valence-electron chi connectivity index (χ0n) is 16.2. The topological polar surface area (TPSA) is 65.4 Å². The number of amides is 1. The first-order valence-electron chi connectivity index (χ1n) is 9.49. The van der Waals surface area contributed by atoms with Crippen LogP contribution in [0.3, 0.4) is 0 Å². The summed E-state index contributed by atoms with van der Waals surface area (Å²) in [6.45, 7) is 5.29. The third-order valence-electron chi connectivity index (χ3n) is 4.67. The summed E-state index contributed by atoms with van der Waals surface area (Å²) < 4.78 is 5.72. The molecule has 1 saturated heterocycles. The summed E-state index contributed by atoms with van der Waals surface area (Å²) in [5, 5.41) is 12.6. The monoisotopic (exact) mass is 375 g/mol. The maximum Gasteiger partial charge on any atom is 0.264 e. The highest BCUT2D eigenvalue weighted by molar-refractivity contribution is 5.97. The maximum atomic E-state index is 12.9. The number of hydrogen-bond acceptors (Lipinski definition) is 4. The van der Waals surface area contributed by atoms with Crippen molar-refractivity contribution in [2.75, 3.05) is 13.1 Å². The Morgan fingerprint density at radius 3 is 2.04 bits per heavy atom. The molecule has 1 N–H and O–H groups in total. The summed E-state index contributed by atoms with van der Waals surface area (Å²) >= 11 is 0. The number of nitrogens with zero attached hydrogens (tertiary/aromatic N) is 2. The van der Waals surface area contributed by atoms with E-state index in [-0.39, 0.29) is 29.7 Å². The quantitative estimate of drug-likeness (QED) is 0.642. The van der Waals surface area contributed by atoms with Gasteiger partial charge in [-0.3, -0.25) is 4.79 Å². The van der Waals surface area contributed by atoms with Gasteiger partial charge in [-0.2, -0.15) is 5.26 Å². The summed E-state index contributed by atoms with van der Waals surface area (Å²) in [6.07, 6.45) is 1.77. The van der Waals surface area contributed by atoms with Gasteiger partial charge in [0.15, 0.2) is 0 Å². The summed E-state index contributed by atoms with van der Waals surface area (Å²) in [4.78, 5) is 14.9. The molecular weight excluding hydrogens is 350 g/mol. The number of carbonyl (C=O) groups is 1. The van der Waals surface area contributed by atoms with Crippen molar-refractivity contribution in [1.29, 1.82) is 5.26 Å². The highest BCUT2D eigenvalue weighted by Gasteiger charge is 2.23. The van der Waals surface area contributed by atoms with Gasteiger partial charge < -0.3 is 15.0 Å². The molecule has 2 aromatic carbocycles. The van der Waals surface area contributed by atoms with Crippen molar-refractivity contribution >= 4 is 5.91 Å². The lowest BCUT2D eigenvalue weighted by atomic mass is 9.98. The zero-order valence-corrected chi connectivity index (χ0v) is 16.2. The first kappa shape index (κ1) is 19.7. The smallest absolute Gasteiger partial charge is 0.264 e. The molecule has 0 aliphatic carbocycles. The van der Waals surface area contributed by atoms with Crippen molar-refractivity contribution in [3.63, 3.8) is 0 Å². The van der Waals surface area contributed by atoms with Gasteiger partial charge in [0.05, 0.1) is 18.2 Å². The van der Waals surface area contributed by atoms with E-state index >= 15 is 0 Å². The third-order valence-corrected chi connectivity index (χ3v) is 4.67. The predicted octanol–water partition coefficient (Wildman–Crippen LogP) is 3.41. The Kier molecular flexibility index (Phi) is 6.46. The molecule has 0 saturated carbocycles. The second-order valence-electron chi connectivity index (χ2n) is 7.09. The summed E-state index contributed by atoms with van der Waals surface area (Å²) in [7, 11) is 0. The van der Waals surface area contributed by atoms with E-state index in [4.69, 9.17) is 4.74 Å². The molecule has 0 spiro atoms. The fourth-order valence-electron chi connectivity index (χ4n) is 3.50. The minimum atomic E-state index is -0.382. The number of benzene rings is 2. The lowest BCUT2D eigenvalue weighted by molar-refractivity contribution is -0.117. The summed E-state index contributed by atoms with van der Waals surface area (Å²) in [6, 6.07) is 21.3. The molecule has 2 aromatic rings. The van der Waals surface area contributed by atoms with Crippen LogP contribution in [-0.4, -0.2) is 36.1 Å². The predicted molar refractivity (Wildman–Crippen MR) is 108 cm³/mol. The molecule has 0 bridgehead atoms. The fourth-order valence-corrected chi connectivity index (χ4v) is 3.50. The SMILES string of the molecule is CC1CN(/C=C(/C#N)C(=O)NC(c2ccccc2)c2ccccc2)CC(C)O1. The number of nitrogens with one attached hydrogen (secondary N) is 1. The van der Waals surface area contributed by atoms with E-state index in [2.05, 4.69) is 11.4 Å². The van der Waals surface area contributed by atoms with E-state index in [0.29, 0.717) is 13.1 Å². The molecule has 5 nitrogen and oxygen atoms in total. The Balaban J connectivity index is 1.82. The number of rotatable bonds is 5. The zero-order chi connectivity index (χ0) is 19.9. The molecule has 1 fully saturated rings. The first-order chi connectivity index (χ1) is 13.6.